The van der Waals surface area contributed by atoms with Gasteiger partial charge in [0, 0.05) is 0 Å². The van der Waals surface area contributed by atoms with Crippen LogP contribution in [0.15, 0.2) is 30.3 Å². The van der Waals surface area contributed by atoms with E-state index < -0.39 is 0 Å². The number of benzene rings is 1. The van der Waals surface area contributed by atoms with E-state index in [1.165, 1.54) is 7.11 Å². The van der Waals surface area contributed by atoms with Gasteiger partial charge >= 0.3 is 5.97 Å². The van der Waals surface area contributed by atoms with Crippen molar-refractivity contribution in [2.75, 3.05) is 7.11 Å². The summed E-state index contributed by atoms with van der Waals surface area (Å²) >= 11 is 0. The molecule has 0 amide bonds. The molecule has 0 radical (unpaired) electrons. The minimum Gasteiger partial charge on any atom is -0.469 e. The maximum Gasteiger partial charge on any atom is 0.313 e. The maximum atomic E-state index is 11.3. The Morgan fingerprint density at radius 2 is 1.93 bits per heavy atom. The molecule has 0 heterocycles. The molecule has 78 valence electrons. The van der Waals surface area contributed by atoms with Crippen molar-refractivity contribution in [1.82, 2.24) is 0 Å². The van der Waals surface area contributed by atoms with Crippen molar-refractivity contribution < 1.29 is 9.53 Å². The zero-order valence-electron chi connectivity index (χ0n) is 8.40. The summed E-state index contributed by atoms with van der Waals surface area (Å²) in [5.74, 6) is -0.278. The Bertz CT molecular complexity index is 272. The second-order valence-corrected chi connectivity index (χ2v) is 2.89. The zero-order valence-corrected chi connectivity index (χ0v) is 9.21. The SMILES string of the molecule is CCC(C(=O)OC)c1ccccc1.Cl. The van der Waals surface area contributed by atoms with Gasteiger partial charge in [-0.1, -0.05) is 37.3 Å². The molecule has 1 aromatic rings. The number of rotatable bonds is 3. The third kappa shape index (κ3) is 3.04. The lowest BCUT2D eigenvalue weighted by Gasteiger charge is -2.11. The average Bonchev–Trinajstić information content (AvgIpc) is 2.20. The monoisotopic (exact) mass is 214 g/mol. The first-order valence-electron chi connectivity index (χ1n) is 4.42. The van der Waals surface area contributed by atoms with E-state index in [1.54, 1.807) is 0 Å². The number of carbonyl (C=O) groups is 1. The van der Waals surface area contributed by atoms with E-state index in [1.807, 2.05) is 37.3 Å². The van der Waals surface area contributed by atoms with Crippen molar-refractivity contribution in [3.63, 3.8) is 0 Å². The Morgan fingerprint density at radius 3 is 2.36 bits per heavy atom. The molecule has 0 aliphatic heterocycles. The van der Waals surface area contributed by atoms with Crippen LogP contribution in [0.4, 0.5) is 0 Å². The molecule has 1 atom stereocenters. The van der Waals surface area contributed by atoms with Gasteiger partial charge in [-0.15, -0.1) is 12.4 Å². The standard InChI is InChI=1S/C11H14O2.ClH/c1-3-10(11(12)13-2)9-7-5-4-6-8-9;/h4-8,10H,3H2,1-2H3;1H. The van der Waals surface area contributed by atoms with Gasteiger partial charge in [0.05, 0.1) is 13.0 Å². The molecule has 0 N–H and O–H groups in total. The number of methoxy groups -OCH3 is 1. The van der Waals surface area contributed by atoms with Crippen LogP contribution in [0, 0.1) is 0 Å². The van der Waals surface area contributed by atoms with E-state index in [2.05, 4.69) is 0 Å². The van der Waals surface area contributed by atoms with Crippen LogP contribution in [-0.4, -0.2) is 13.1 Å². The van der Waals surface area contributed by atoms with Crippen LogP contribution in [0.25, 0.3) is 0 Å². The highest BCUT2D eigenvalue weighted by atomic mass is 35.5. The average molecular weight is 215 g/mol. The molecule has 2 nitrogen and oxygen atoms in total. The number of esters is 1. The van der Waals surface area contributed by atoms with Gasteiger partial charge < -0.3 is 4.74 Å². The Labute approximate surface area is 90.7 Å². The molecule has 3 heteroatoms. The molecule has 0 aliphatic carbocycles. The first kappa shape index (κ1) is 13.0. The van der Waals surface area contributed by atoms with Gasteiger partial charge in [0.2, 0.25) is 0 Å². The van der Waals surface area contributed by atoms with Crippen molar-refractivity contribution in [2.24, 2.45) is 0 Å². The summed E-state index contributed by atoms with van der Waals surface area (Å²) in [6.07, 6.45) is 0.774. The molecule has 0 aromatic heterocycles. The van der Waals surface area contributed by atoms with Crippen LogP contribution in [0.2, 0.25) is 0 Å². The van der Waals surface area contributed by atoms with Crippen LogP contribution in [0.3, 0.4) is 0 Å². The van der Waals surface area contributed by atoms with Crippen molar-refractivity contribution in [2.45, 2.75) is 19.3 Å². The second-order valence-electron chi connectivity index (χ2n) is 2.89. The van der Waals surface area contributed by atoms with E-state index in [-0.39, 0.29) is 24.3 Å². The molecule has 1 unspecified atom stereocenters. The molecule has 0 spiro atoms. The first-order chi connectivity index (χ1) is 6.29. The van der Waals surface area contributed by atoms with E-state index in [0.717, 1.165) is 12.0 Å². The molecular weight excluding hydrogens is 200 g/mol. The van der Waals surface area contributed by atoms with Crippen molar-refractivity contribution >= 4 is 18.4 Å². The summed E-state index contributed by atoms with van der Waals surface area (Å²) in [6.45, 7) is 1.98. The van der Waals surface area contributed by atoms with E-state index in [4.69, 9.17) is 4.74 Å². The van der Waals surface area contributed by atoms with Gasteiger partial charge in [-0.3, -0.25) is 4.79 Å². The van der Waals surface area contributed by atoms with Crippen LogP contribution < -0.4 is 0 Å². The molecule has 0 aliphatic rings. The van der Waals surface area contributed by atoms with E-state index >= 15 is 0 Å². The number of halogens is 1. The zero-order chi connectivity index (χ0) is 9.68. The van der Waals surface area contributed by atoms with Crippen LogP contribution in [-0.2, 0) is 9.53 Å². The molecule has 0 saturated heterocycles. The lowest BCUT2D eigenvalue weighted by Crippen LogP contribution is -2.13. The van der Waals surface area contributed by atoms with Gasteiger partial charge in [-0.25, -0.2) is 0 Å². The van der Waals surface area contributed by atoms with Crippen molar-refractivity contribution in [3.05, 3.63) is 35.9 Å². The van der Waals surface area contributed by atoms with E-state index in [9.17, 15) is 4.79 Å². The molecule has 0 saturated carbocycles. The summed E-state index contributed by atoms with van der Waals surface area (Å²) in [4.78, 5) is 11.3. The quantitative estimate of drug-likeness (QED) is 0.724. The summed E-state index contributed by atoms with van der Waals surface area (Å²) in [6, 6.07) is 9.70. The van der Waals surface area contributed by atoms with Crippen LogP contribution in [0.1, 0.15) is 24.8 Å². The molecular formula is C11H15ClO2. The number of carbonyl (C=O) groups excluding carboxylic acids is 1. The molecule has 0 fully saturated rings. The Hall–Kier alpha value is -1.02. The lowest BCUT2D eigenvalue weighted by molar-refractivity contribution is -0.142. The Balaban J connectivity index is 0.00000169. The summed E-state index contributed by atoms with van der Waals surface area (Å²) in [7, 11) is 1.42. The van der Waals surface area contributed by atoms with Gasteiger partial charge in [0.25, 0.3) is 0 Å². The molecule has 1 aromatic carbocycles. The molecule has 1 rings (SSSR count). The highest BCUT2D eigenvalue weighted by Crippen LogP contribution is 2.19. The summed E-state index contributed by atoms with van der Waals surface area (Å²) in [5, 5.41) is 0. The fourth-order valence-corrected chi connectivity index (χ4v) is 1.37. The van der Waals surface area contributed by atoms with Gasteiger partial charge in [-0.05, 0) is 12.0 Å². The van der Waals surface area contributed by atoms with Crippen molar-refractivity contribution in [3.8, 4) is 0 Å². The third-order valence-corrected chi connectivity index (χ3v) is 2.10. The predicted molar refractivity (Wildman–Crippen MR) is 58.7 cm³/mol. The van der Waals surface area contributed by atoms with E-state index in [0.29, 0.717) is 0 Å². The summed E-state index contributed by atoms with van der Waals surface area (Å²) < 4.78 is 4.72. The third-order valence-electron chi connectivity index (χ3n) is 2.10. The predicted octanol–water partition coefficient (Wildman–Crippen LogP) is 2.78. The smallest absolute Gasteiger partial charge is 0.313 e. The second kappa shape index (κ2) is 6.44. The maximum absolute atomic E-state index is 11.3. The van der Waals surface area contributed by atoms with Crippen molar-refractivity contribution in [1.29, 1.82) is 0 Å². The number of hydrogen-bond donors (Lipinski definition) is 0. The fourth-order valence-electron chi connectivity index (χ4n) is 1.37. The highest BCUT2D eigenvalue weighted by molar-refractivity contribution is 5.85. The summed E-state index contributed by atoms with van der Waals surface area (Å²) in [5.41, 5.74) is 1.02. The molecule has 0 bridgehead atoms. The van der Waals surface area contributed by atoms with Crippen LogP contribution >= 0.6 is 12.4 Å². The number of ether oxygens (including phenoxy) is 1. The first-order valence-corrected chi connectivity index (χ1v) is 4.42. The minimum absolute atomic E-state index is 0. The minimum atomic E-state index is -0.159. The van der Waals surface area contributed by atoms with Gasteiger partial charge in [0.15, 0.2) is 0 Å². The largest absolute Gasteiger partial charge is 0.469 e. The topological polar surface area (TPSA) is 26.3 Å². The van der Waals surface area contributed by atoms with Gasteiger partial charge in [-0.2, -0.15) is 0 Å². The normalized spacial score (nSPS) is 11.3. The highest BCUT2D eigenvalue weighted by Gasteiger charge is 2.18. The molecule has 14 heavy (non-hydrogen) atoms. The number of hydrogen-bond acceptors (Lipinski definition) is 2. The Kier molecular flexibility index (Phi) is 5.97. The fraction of sp³-hybridized carbons (Fsp3) is 0.364. The lowest BCUT2D eigenvalue weighted by atomic mass is 9.97. The van der Waals surface area contributed by atoms with Crippen LogP contribution in [0.5, 0.6) is 0 Å². The Morgan fingerprint density at radius 1 is 1.36 bits per heavy atom. The van der Waals surface area contributed by atoms with Gasteiger partial charge in [0.1, 0.15) is 0 Å².